The Kier molecular flexibility index (Phi) is 4.08. The molecule has 5 heteroatoms. The number of aryl methyl sites for hydroxylation is 2. The van der Waals surface area contributed by atoms with E-state index in [0.29, 0.717) is 42.6 Å². The second kappa shape index (κ2) is 5.81. The lowest BCUT2D eigenvalue weighted by molar-refractivity contribution is 0.0746. The number of nitrogens with zero attached hydrogens (tertiary/aromatic N) is 1. The minimum atomic E-state index is -0.0626. The molecule has 0 saturated carbocycles. The maximum Gasteiger partial charge on any atom is 0.289 e. The summed E-state index contributed by atoms with van der Waals surface area (Å²) in [5.74, 6) is 1.37. The van der Waals surface area contributed by atoms with Crippen LogP contribution in [0.5, 0.6) is 5.75 Å². The first-order valence-corrected chi connectivity index (χ1v) is 8.38. The molecule has 0 radical (unpaired) electrons. The van der Waals surface area contributed by atoms with Crippen LogP contribution in [0.25, 0.3) is 11.0 Å². The second-order valence-corrected chi connectivity index (χ2v) is 7.34. The number of rotatable bonds is 3. The van der Waals surface area contributed by atoms with Gasteiger partial charge in [-0.2, -0.15) is 0 Å². The Labute approximate surface area is 142 Å². The number of hydrogen-bond donors (Lipinski definition) is 1. The van der Waals surface area contributed by atoms with Crippen molar-refractivity contribution < 1.29 is 13.9 Å². The molecule has 2 atom stereocenters. The highest BCUT2D eigenvalue weighted by molar-refractivity contribution is 6.00. The van der Waals surface area contributed by atoms with E-state index in [4.69, 9.17) is 14.9 Å². The summed E-state index contributed by atoms with van der Waals surface area (Å²) in [7, 11) is 1.61. The van der Waals surface area contributed by atoms with Crippen molar-refractivity contribution in [3.05, 3.63) is 29.0 Å². The number of benzene rings is 1. The van der Waals surface area contributed by atoms with E-state index in [1.807, 2.05) is 30.9 Å². The second-order valence-electron chi connectivity index (χ2n) is 7.34. The average Bonchev–Trinajstić information content (AvgIpc) is 3.05. The molecule has 24 heavy (non-hydrogen) atoms. The van der Waals surface area contributed by atoms with Crippen LogP contribution in [0.1, 0.15) is 35.5 Å². The van der Waals surface area contributed by atoms with Gasteiger partial charge in [0, 0.05) is 29.5 Å². The number of methoxy groups -OCH3 is 1. The van der Waals surface area contributed by atoms with Crippen molar-refractivity contribution in [2.24, 2.45) is 17.1 Å². The molecule has 0 bridgehead atoms. The largest absolute Gasteiger partial charge is 0.493 e. The third-order valence-corrected chi connectivity index (χ3v) is 5.55. The summed E-state index contributed by atoms with van der Waals surface area (Å²) >= 11 is 0. The van der Waals surface area contributed by atoms with Crippen LogP contribution in [0.2, 0.25) is 0 Å². The molecule has 1 saturated heterocycles. The molecule has 2 heterocycles. The molecule has 0 aliphatic carbocycles. The van der Waals surface area contributed by atoms with Gasteiger partial charge in [0.2, 0.25) is 0 Å². The average molecular weight is 330 g/mol. The quantitative estimate of drug-likeness (QED) is 0.939. The number of carbonyl (C=O) groups is 1. The smallest absolute Gasteiger partial charge is 0.289 e. The van der Waals surface area contributed by atoms with Gasteiger partial charge in [0.25, 0.3) is 5.91 Å². The Morgan fingerprint density at radius 2 is 2.17 bits per heavy atom. The Balaban J connectivity index is 2.01. The molecule has 2 aromatic rings. The minimum absolute atomic E-state index is 0.0378. The molecule has 1 aliphatic heterocycles. The zero-order chi connectivity index (χ0) is 17.6. The lowest BCUT2D eigenvalue weighted by Gasteiger charge is -2.25. The molecule has 1 aromatic heterocycles. The summed E-state index contributed by atoms with van der Waals surface area (Å²) in [6.07, 6.45) is 0. The van der Waals surface area contributed by atoms with Crippen molar-refractivity contribution >= 4 is 16.9 Å². The van der Waals surface area contributed by atoms with Crippen molar-refractivity contribution in [3.63, 3.8) is 0 Å². The molecule has 2 N–H and O–H groups in total. The van der Waals surface area contributed by atoms with Gasteiger partial charge < -0.3 is 19.8 Å². The van der Waals surface area contributed by atoms with Crippen LogP contribution in [0.3, 0.4) is 0 Å². The molecule has 0 unspecified atom stereocenters. The molecule has 3 rings (SSSR count). The fraction of sp³-hybridized carbons (Fsp3) is 0.526. The molecule has 1 amide bonds. The maximum atomic E-state index is 13.0. The number of carbonyl (C=O) groups excluding carboxylic acids is 1. The number of hydrogen-bond acceptors (Lipinski definition) is 4. The zero-order valence-electron chi connectivity index (χ0n) is 15.1. The van der Waals surface area contributed by atoms with Gasteiger partial charge in [-0.1, -0.05) is 13.8 Å². The number of nitrogens with two attached hydrogens (primary N) is 1. The van der Waals surface area contributed by atoms with Crippen molar-refractivity contribution in [1.82, 2.24) is 4.90 Å². The van der Waals surface area contributed by atoms with Gasteiger partial charge in [-0.15, -0.1) is 0 Å². The summed E-state index contributed by atoms with van der Waals surface area (Å²) in [4.78, 5) is 14.9. The van der Waals surface area contributed by atoms with E-state index in [9.17, 15) is 4.79 Å². The van der Waals surface area contributed by atoms with Crippen LogP contribution in [0.15, 0.2) is 16.5 Å². The number of likely N-dealkylation sites (tertiary alicyclic amines) is 1. The Morgan fingerprint density at radius 1 is 1.46 bits per heavy atom. The van der Waals surface area contributed by atoms with Crippen LogP contribution in [0.4, 0.5) is 0 Å². The Morgan fingerprint density at radius 3 is 2.75 bits per heavy atom. The monoisotopic (exact) mass is 330 g/mol. The van der Waals surface area contributed by atoms with Crippen molar-refractivity contribution in [3.8, 4) is 5.75 Å². The number of amides is 1. The first-order valence-electron chi connectivity index (χ1n) is 8.38. The molecule has 1 aromatic carbocycles. The van der Waals surface area contributed by atoms with Crippen LogP contribution in [0, 0.1) is 25.2 Å². The molecular weight excluding hydrogens is 304 g/mol. The number of fused-ring (bicyclic) bond motifs is 1. The Hall–Kier alpha value is -2.01. The standard InChI is InChI=1S/C19H26N2O3/c1-11-6-14-13(3)16(24-17(14)15(7-11)23-5)18(22)21-8-12(2)19(4,9-20)10-21/h6-7,12H,8-10,20H2,1-5H3/t12-,19-/m1/s1. The first kappa shape index (κ1) is 16.8. The molecular formula is C19H26N2O3. The van der Waals surface area contributed by atoms with Crippen molar-refractivity contribution in [1.29, 1.82) is 0 Å². The Bertz CT molecular complexity index is 795. The first-order chi connectivity index (χ1) is 11.3. The van der Waals surface area contributed by atoms with Gasteiger partial charge >= 0.3 is 0 Å². The van der Waals surface area contributed by atoms with E-state index >= 15 is 0 Å². The molecule has 5 nitrogen and oxygen atoms in total. The predicted molar refractivity (Wildman–Crippen MR) is 94.5 cm³/mol. The minimum Gasteiger partial charge on any atom is -0.493 e. The topological polar surface area (TPSA) is 68.7 Å². The van der Waals surface area contributed by atoms with E-state index in [1.54, 1.807) is 7.11 Å². The van der Waals surface area contributed by atoms with Gasteiger partial charge in [-0.3, -0.25) is 4.79 Å². The molecule has 0 spiro atoms. The fourth-order valence-electron chi connectivity index (χ4n) is 3.55. The van der Waals surface area contributed by atoms with Gasteiger partial charge in [0.05, 0.1) is 7.11 Å². The normalized spacial score (nSPS) is 23.9. The zero-order valence-corrected chi connectivity index (χ0v) is 15.1. The lowest BCUT2D eigenvalue weighted by Crippen LogP contribution is -2.36. The highest BCUT2D eigenvalue weighted by Crippen LogP contribution is 2.38. The number of furan rings is 1. The van der Waals surface area contributed by atoms with Gasteiger partial charge in [0.15, 0.2) is 17.1 Å². The SMILES string of the molecule is COc1cc(C)cc2c(C)c(C(=O)N3C[C@@H](C)[C@](C)(CN)C3)oc12. The predicted octanol–water partition coefficient (Wildman–Crippen LogP) is 3.12. The highest BCUT2D eigenvalue weighted by atomic mass is 16.5. The van der Waals surface area contributed by atoms with Gasteiger partial charge in [-0.25, -0.2) is 0 Å². The fourth-order valence-corrected chi connectivity index (χ4v) is 3.55. The van der Waals surface area contributed by atoms with E-state index < -0.39 is 0 Å². The third kappa shape index (κ3) is 2.47. The van der Waals surface area contributed by atoms with Crippen LogP contribution < -0.4 is 10.5 Å². The summed E-state index contributed by atoms with van der Waals surface area (Å²) in [6.45, 7) is 10.2. The van der Waals surface area contributed by atoms with Crippen molar-refractivity contribution in [2.45, 2.75) is 27.7 Å². The van der Waals surface area contributed by atoms with E-state index in [1.165, 1.54) is 0 Å². The van der Waals surface area contributed by atoms with Crippen LogP contribution in [-0.2, 0) is 0 Å². The summed E-state index contributed by atoms with van der Waals surface area (Å²) in [6, 6.07) is 3.95. The summed E-state index contributed by atoms with van der Waals surface area (Å²) < 4.78 is 11.4. The highest BCUT2D eigenvalue weighted by Gasteiger charge is 2.42. The third-order valence-electron chi connectivity index (χ3n) is 5.55. The van der Waals surface area contributed by atoms with Gasteiger partial charge in [0.1, 0.15) is 0 Å². The van der Waals surface area contributed by atoms with Crippen LogP contribution >= 0.6 is 0 Å². The van der Waals surface area contributed by atoms with E-state index in [-0.39, 0.29) is 11.3 Å². The lowest BCUT2D eigenvalue weighted by atomic mass is 9.81. The van der Waals surface area contributed by atoms with Crippen molar-refractivity contribution in [2.75, 3.05) is 26.7 Å². The maximum absolute atomic E-state index is 13.0. The molecule has 1 aliphatic rings. The summed E-state index contributed by atoms with van der Waals surface area (Å²) in [5.41, 5.74) is 8.47. The van der Waals surface area contributed by atoms with Crippen LogP contribution in [-0.4, -0.2) is 37.6 Å². The number of ether oxygens (including phenoxy) is 1. The molecule has 1 fully saturated rings. The molecule has 130 valence electrons. The van der Waals surface area contributed by atoms with Gasteiger partial charge in [-0.05, 0) is 44.0 Å². The summed E-state index contributed by atoms with van der Waals surface area (Å²) in [5, 5.41) is 0.934. The van der Waals surface area contributed by atoms with E-state index in [2.05, 4.69) is 13.8 Å². The van der Waals surface area contributed by atoms with E-state index in [0.717, 1.165) is 16.5 Å².